The van der Waals surface area contributed by atoms with Crippen molar-refractivity contribution >= 4 is 23.0 Å². The molecule has 0 aliphatic carbocycles. The van der Waals surface area contributed by atoms with Gasteiger partial charge in [0.1, 0.15) is 11.5 Å². The minimum atomic E-state index is 0.0259. The summed E-state index contributed by atoms with van der Waals surface area (Å²) in [4.78, 5) is 30.1. The lowest BCUT2D eigenvalue weighted by Crippen LogP contribution is -2.50. The van der Waals surface area contributed by atoms with Gasteiger partial charge in [-0.15, -0.1) is 0 Å². The molecule has 0 atom stereocenters. The van der Waals surface area contributed by atoms with Gasteiger partial charge >= 0.3 is 0 Å². The van der Waals surface area contributed by atoms with Crippen LogP contribution in [0, 0.1) is 0 Å². The second kappa shape index (κ2) is 8.50. The van der Waals surface area contributed by atoms with Crippen molar-refractivity contribution in [3.63, 3.8) is 0 Å². The average Bonchev–Trinajstić information content (AvgIpc) is 3.26. The molecule has 0 aromatic carbocycles. The van der Waals surface area contributed by atoms with E-state index >= 15 is 0 Å². The number of rotatable bonds is 5. The summed E-state index contributed by atoms with van der Waals surface area (Å²) < 4.78 is 7.30. The van der Waals surface area contributed by atoms with Gasteiger partial charge in [0.25, 0.3) is 0 Å². The number of nitrogens with zero attached hydrogens (tertiary/aromatic N) is 6. The van der Waals surface area contributed by atoms with Gasteiger partial charge in [0.05, 0.1) is 12.7 Å². The van der Waals surface area contributed by atoms with Gasteiger partial charge in [-0.05, 0) is 25.1 Å². The molecule has 30 heavy (non-hydrogen) atoms. The number of ether oxygens (including phenoxy) is 1. The Hall–Kier alpha value is -3.46. The van der Waals surface area contributed by atoms with Crippen LogP contribution in [0.3, 0.4) is 0 Å². The molecule has 9 heteroatoms. The number of nitrogens with two attached hydrogens (primary N) is 1. The second-order valence-corrected chi connectivity index (χ2v) is 7.14. The first-order chi connectivity index (χ1) is 14.6. The molecule has 1 fully saturated rings. The van der Waals surface area contributed by atoms with Crippen molar-refractivity contribution < 1.29 is 9.53 Å². The van der Waals surface area contributed by atoms with Crippen LogP contribution < -0.4 is 15.5 Å². The number of amides is 1. The molecular formula is C21H25N7O2. The van der Waals surface area contributed by atoms with Crippen LogP contribution in [-0.2, 0) is 9.53 Å². The van der Waals surface area contributed by atoms with E-state index in [9.17, 15) is 4.79 Å². The largest absolute Gasteiger partial charge is 0.405 e. The van der Waals surface area contributed by atoms with E-state index in [1.54, 1.807) is 47.3 Å². The molecular weight excluding hydrogens is 382 g/mol. The molecule has 0 spiro atoms. The number of carbonyl (C=O) groups excluding carboxylic acids is 1. The first kappa shape index (κ1) is 19.8. The van der Waals surface area contributed by atoms with Crippen LogP contribution in [0.15, 0.2) is 49.6 Å². The Morgan fingerprint density at radius 1 is 1.33 bits per heavy atom. The molecule has 2 aromatic heterocycles. The Kier molecular flexibility index (Phi) is 5.62. The summed E-state index contributed by atoms with van der Waals surface area (Å²) >= 11 is 0. The zero-order valence-corrected chi connectivity index (χ0v) is 16.9. The number of imidazole rings is 1. The van der Waals surface area contributed by atoms with Gasteiger partial charge in [-0.1, -0.05) is 18.7 Å². The van der Waals surface area contributed by atoms with E-state index in [1.807, 2.05) is 6.08 Å². The van der Waals surface area contributed by atoms with Crippen LogP contribution >= 0.6 is 0 Å². The third kappa shape index (κ3) is 3.59. The van der Waals surface area contributed by atoms with Crippen LogP contribution in [0.2, 0.25) is 0 Å². The highest BCUT2D eigenvalue weighted by Gasteiger charge is 2.34. The topological polar surface area (TPSA) is 102 Å². The molecule has 2 aliphatic rings. The normalized spacial score (nSPS) is 18.2. The molecule has 2 N–H and O–H groups in total. The number of fused-ring (bicyclic) bond motifs is 1. The number of carbonyl (C=O) groups is 1. The fraction of sp³-hybridized carbons (Fsp3) is 0.333. The van der Waals surface area contributed by atoms with Crippen molar-refractivity contribution in [2.24, 2.45) is 5.73 Å². The van der Waals surface area contributed by atoms with Crippen molar-refractivity contribution in [2.75, 3.05) is 36.6 Å². The summed E-state index contributed by atoms with van der Waals surface area (Å²) in [5, 5.41) is 0. The zero-order chi connectivity index (χ0) is 21.1. The Labute approximate surface area is 175 Å². The molecule has 1 saturated heterocycles. The molecule has 2 aromatic rings. The first-order valence-corrected chi connectivity index (χ1v) is 9.87. The Morgan fingerprint density at radius 2 is 2.13 bits per heavy atom. The molecule has 4 rings (SSSR count). The van der Waals surface area contributed by atoms with E-state index in [0.717, 1.165) is 24.2 Å². The third-order valence-electron chi connectivity index (χ3n) is 5.37. The van der Waals surface area contributed by atoms with Crippen LogP contribution in [-0.4, -0.2) is 58.3 Å². The molecule has 156 valence electrons. The highest BCUT2D eigenvalue weighted by Crippen LogP contribution is 2.34. The van der Waals surface area contributed by atoms with E-state index in [2.05, 4.69) is 21.4 Å². The first-order valence-electron chi connectivity index (χ1n) is 9.87. The van der Waals surface area contributed by atoms with E-state index in [0.29, 0.717) is 37.2 Å². The van der Waals surface area contributed by atoms with Gasteiger partial charge in [-0.3, -0.25) is 9.36 Å². The molecule has 0 bridgehead atoms. The number of likely N-dealkylation sites (N-methyl/N-ethyl adjacent to an activating group) is 1. The maximum absolute atomic E-state index is 12.6. The summed E-state index contributed by atoms with van der Waals surface area (Å²) in [6.45, 7) is 5.42. The van der Waals surface area contributed by atoms with Gasteiger partial charge in [0.15, 0.2) is 5.82 Å². The van der Waals surface area contributed by atoms with E-state index in [-0.39, 0.29) is 11.9 Å². The molecule has 0 saturated carbocycles. The fourth-order valence-corrected chi connectivity index (χ4v) is 3.80. The van der Waals surface area contributed by atoms with Gasteiger partial charge in [0.2, 0.25) is 11.9 Å². The lowest BCUT2D eigenvalue weighted by atomic mass is 10.1. The average molecular weight is 407 g/mol. The maximum Gasteiger partial charge on any atom is 0.246 e. The number of allylic oxidation sites excluding steroid dienone is 4. The van der Waals surface area contributed by atoms with Crippen molar-refractivity contribution in [2.45, 2.75) is 18.9 Å². The van der Waals surface area contributed by atoms with E-state index < -0.39 is 0 Å². The Morgan fingerprint density at radius 3 is 2.87 bits per heavy atom. The third-order valence-corrected chi connectivity index (χ3v) is 5.37. The summed E-state index contributed by atoms with van der Waals surface area (Å²) in [6.07, 6.45) is 13.6. The molecule has 9 nitrogen and oxygen atoms in total. The van der Waals surface area contributed by atoms with Gasteiger partial charge in [0, 0.05) is 44.3 Å². The standard InChI is InChI=1S/C21H25N7O2/c1-3-4-15(5-8-22)19-23-9-10-27(19)21-24-13-17-20(25-21)28(14-18(29)26(17)2)16-6-11-30-12-7-16/h3-5,8-10,13,16H,1,6-7,11-12,14,22H2,2H3/b8-5-,15-4+. The Bertz CT molecular complexity index is 1000. The predicted molar refractivity (Wildman–Crippen MR) is 115 cm³/mol. The lowest BCUT2D eigenvalue weighted by Gasteiger charge is -2.40. The summed E-state index contributed by atoms with van der Waals surface area (Å²) in [5.41, 5.74) is 7.08. The lowest BCUT2D eigenvalue weighted by molar-refractivity contribution is -0.117. The van der Waals surface area contributed by atoms with Gasteiger partial charge in [-0.25, -0.2) is 9.97 Å². The SMILES string of the molecule is C=C/C=C(\C=C/N)c1nccn1-c1ncc2c(n1)N(C1CCOCC1)CC(=O)N2C. The molecule has 0 radical (unpaired) electrons. The number of anilines is 2. The van der Waals surface area contributed by atoms with Gasteiger partial charge < -0.3 is 20.3 Å². The van der Waals surface area contributed by atoms with E-state index in [4.69, 9.17) is 15.5 Å². The molecule has 4 heterocycles. The monoisotopic (exact) mass is 407 g/mol. The smallest absolute Gasteiger partial charge is 0.246 e. The predicted octanol–water partition coefficient (Wildman–Crippen LogP) is 1.67. The minimum absolute atomic E-state index is 0.0259. The van der Waals surface area contributed by atoms with Crippen LogP contribution in [0.25, 0.3) is 11.5 Å². The summed E-state index contributed by atoms with van der Waals surface area (Å²) in [6, 6.07) is 0.205. The fourth-order valence-electron chi connectivity index (χ4n) is 3.80. The molecule has 1 amide bonds. The van der Waals surface area contributed by atoms with Crippen molar-refractivity contribution in [3.8, 4) is 5.95 Å². The summed E-state index contributed by atoms with van der Waals surface area (Å²) in [7, 11) is 1.76. The van der Waals surface area contributed by atoms with Crippen LogP contribution in [0.4, 0.5) is 11.5 Å². The number of hydrogen-bond donors (Lipinski definition) is 1. The highest BCUT2D eigenvalue weighted by molar-refractivity contribution is 6.02. The quantitative estimate of drug-likeness (QED) is 0.752. The maximum atomic E-state index is 12.6. The molecule has 0 unspecified atom stereocenters. The van der Waals surface area contributed by atoms with Crippen molar-refractivity contribution in [1.82, 2.24) is 19.5 Å². The van der Waals surface area contributed by atoms with Gasteiger partial charge in [-0.2, -0.15) is 4.98 Å². The second-order valence-electron chi connectivity index (χ2n) is 7.14. The van der Waals surface area contributed by atoms with E-state index in [1.165, 1.54) is 6.20 Å². The highest BCUT2D eigenvalue weighted by atomic mass is 16.5. The van der Waals surface area contributed by atoms with Crippen LogP contribution in [0.1, 0.15) is 18.7 Å². The number of hydrogen-bond acceptors (Lipinski definition) is 7. The minimum Gasteiger partial charge on any atom is -0.405 e. The van der Waals surface area contributed by atoms with Crippen LogP contribution in [0.5, 0.6) is 0 Å². The number of aromatic nitrogens is 4. The summed E-state index contributed by atoms with van der Waals surface area (Å²) in [5.74, 6) is 1.89. The zero-order valence-electron chi connectivity index (χ0n) is 16.9. The molecule has 2 aliphatic heterocycles. The Balaban J connectivity index is 1.78. The van der Waals surface area contributed by atoms with Crippen molar-refractivity contribution in [1.29, 1.82) is 0 Å². The van der Waals surface area contributed by atoms with Crippen molar-refractivity contribution in [3.05, 3.63) is 55.4 Å².